The van der Waals surface area contributed by atoms with E-state index in [9.17, 15) is 4.79 Å². The molecule has 0 spiro atoms. The van der Waals surface area contributed by atoms with Crippen molar-refractivity contribution < 1.29 is 4.79 Å². The van der Waals surface area contributed by atoms with Crippen LogP contribution in [0.1, 0.15) is 25.0 Å². The first-order chi connectivity index (χ1) is 13.5. The Hall–Kier alpha value is -3.21. The molecule has 0 radical (unpaired) electrons. The van der Waals surface area contributed by atoms with Crippen molar-refractivity contribution in [1.29, 1.82) is 0 Å². The lowest BCUT2D eigenvalue weighted by atomic mass is 10.1. The summed E-state index contributed by atoms with van der Waals surface area (Å²) in [6.45, 7) is 5.60. The molecule has 1 aromatic carbocycles. The summed E-state index contributed by atoms with van der Waals surface area (Å²) in [7, 11) is 1.83. The van der Waals surface area contributed by atoms with E-state index in [0.717, 1.165) is 23.4 Å². The molecule has 2 heterocycles. The molecule has 0 N–H and O–H groups in total. The highest BCUT2D eigenvalue weighted by Crippen LogP contribution is 2.23. The maximum Gasteiger partial charge on any atom is 0.246 e. The summed E-state index contributed by atoms with van der Waals surface area (Å²) in [4.78, 5) is 18.3. The van der Waals surface area contributed by atoms with Gasteiger partial charge in [0.25, 0.3) is 0 Å². The fourth-order valence-corrected chi connectivity index (χ4v) is 3.06. The van der Waals surface area contributed by atoms with Gasteiger partial charge in [-0.25, -0.2) is 0 Å². The number of amides is 1. The maximum atomic E-state index is 12.4. The highest BCUT2D eigenvalue weighted by Gasteiger charge is 2.12. The van der Waals surface area contributed by atoms with Crippen LogP contribution in [0.15, 0.2) is 67.1 Å². The molecule has 0 fully saturated rings. The molecule has 5 nitrogen and oxygen atoms in total. The van der Waals surface area contributed by atoms with Crippen molar-refractivity contribution in [3.63, 3.8) is 0 Å². The molecule has 3 aromatic rings. The van der Waals surface area contributed by atoms with Crippen molar-refractivity contribution in [3.8, 4) is 11.3 Å². The number of nitrogens with zero attached hydrogens (tertiary/aromatic N) is 4. The molecular weight excluding hydrogens is 348 g/mol. The summed E-state index contributed by atoms with van der Waals surface area (Å²) in [5.41, 5.74) is 3.82. The number of benzene rings is 1. The summed E-state index contributed by atoms with van der Waals surface area (Å²) >= 11 is 0. The van der Waals surface area contributed by atoms with Crippen LogP contribution in [0, 0.1) is 5.92 Å². The van der Waals surface area contributed by atoms with E-state index in [2.05, 4.69) is 31.0 Å². The zero-order valence-electron chi connectivity index (χ0n) is 16.6. The second-order valence-corrected chi connectivity index (χ2v) is 7.30. The molecular formula is C23H26N4O. The van der Waals surface area contributed by atoms with Crippen LogP contribution in [0.3, 0.4) is 0 Å². The minimum atomic E-state index is -0.0124. The zero-order valence-corrected chi connectivity index (χ0v) is 16.6. The summed E-state index contributed by atoms with van der Waals surface area (Å²) < 4.78 is 1.90. The third kappa shape index (κ3) is 5.16. The molecule has 28 heavy (non-hydrogen) atoms. The average Bonchev–Trinajstić information content (AvgIpc) is 3.09. The predicted molar refractivity (Wildman–Crippen MR) is 113 cm³/mol. The van der Waals surface area contributed by atoms with Gasteiger partial charge in [-0.3, -0.25) is 14.5 Å². The lowest BCUT2D eigenvalue weighted by Gasteiger charge is -2.17. The Kier molecular flexibility index (Phi) is 6.37. The Morgan fingerprint density at radius 1 is 1.18 bits per heavy atom. The van der Waals surface area contributed by atoms with Crippen molar-refractivity contribution >= 4 is 12.0 Å². The molecule has 0 saturated carbocycles. The lowest BCUT2D eigenvalue weighted by Crippen LogP contribution is -2.28. The quantitative estimate of drug-likeness (QED) is 0.585. The topological polar surface area (TPSA) is 51.0 Å². The molecule has 0 atom stereocenters. The molecule has 0 bridgehead atoms. The molecule has 0 aliphatic rings. The minimum Gasteiger partial charge on any atom is -0.342 e. The molecule has 0 aliphatic carbocycles. The number of aromatic nitrogens is 3. The summed E-state index contributed by atoms with van der Waals surface area (Å²) in [6, 6.07) is 14.1. The fraction of sp³-hybridized carbons (Fsp3) is 0.261. The van der Waals surface area contributed by atoms with Crippen LogP contribution in [-0.2, 0) is 11.3 Å². The minimum absolute atomic E-state index is 0.0124. The van der Waals surface area contributed by atoms with E-state index in [4.69, 9.17) is 5.10 Å². The van der Waals surface area contributed by atoms with E-state index in [0.29, 0.717) is 12.5 Å². The Bertz CT molecular complexity index is 930. The standard InChI is InChI=1S/C23H26N4O/c1-18(2)15-26(3)22(28)12-11-21-17-27(16-19-8-5-4-6-9-19)25-23(21)20-10-7-13-24-14-20/h4-14,17-18H,15-16H2,1-3H3/b12-11+. The second kappa shape index (κ2) is 9.13. The fourth-order valence-electron chi connectivity index (χ4n) is 3.06. The van der Waals surface area contributed by atoms with Gasteiger partial charge in [0.05, 0.1) is 6.54 Å². The Labute approximate surface area is 166 Å². The molecule has 1 amide bonds. The predicted octanol–water partition coefficient (Wildman–Crippen LogP) is 4.12. The number of carbonyl (C=O) groups excluding carboxylic acids is 1. The Morgan fingerprint density at radius 2 is 1.96 bits per heavy atom. The Balaban J connectivity index is 1.88. The monoisotopic (exact) mass is 374 g/mol. The number of rotatable bonds is 7. The number of pyridine rings is 1. The molecule has 5 heteroatoms. The van der Waals surface area contributed by atoms with Gasteiger partial charge in [-0.05, 0) is 29.7 Å². The third-order valence-electron chi connectivity index (χ3n) is 4.33. The van der Waals surface area contributed by atoms with Gasteiger partial charge in [-0.2, -0.15) is 5.10 Å². The maximum absolute atomic E-state index is 12.4. The van der Waals surface area contributed by atoms with Crippen LogP contribution in [-0.4, -0.2) is 39.2 Å². The van der Waals surface area contributed by atoms with Gasteiger partial charge in [0, 0.05) is 49.4 Å². The number of carbonyl (C=O) groups is 1. The van der Waals surface area contributed by atoms with E-state index in [1.54, 1.807) is 23.4 Å². The van der Waals surface area contributed by atoms with Gasteiger partial charge in [0.15, 0.2) is 0 Å². The van der Waals surface area contributed by atoms with E-state index < -0.39 is 0 Å². The number of hydrogen-bond acceptors (Lipinski definition) is 3. The summed E-state index contributed by atoms with van der Waals surface area (Å²) in [5.74, 6) is 0.420. The first-order valence-electron chi connectivity index (χ1n) is 9.48. The van der Waals surface area contributed by atoms with Gasteiger partial charge in [0.2, 0.25) is 5.91 Å². The van der Waals surface area contributed by atoms with Crippen LogP contribution in [0.5, 0.6) is 0 Å². The van der Waals surface area contributed by atoms with E-state index in [1.807, 2.05) is 54.3 Å². The van der Waals surface area contributed by atoms with Crippen LogP contribution in [0.2, 0.25) is 0 Å². The highest BCUT2D eigenvalue weighted by molar-refractivity contribution is 5.92. The van der Waals surface area contributed by atoms with Gasteiger partial charge in [-0.15, -0.1) is 0 Å². The average molecular weight is 374 g/mol. The molecule has 2 aromatic heterocycles. The van der Waals surface area contributed by atoms with Gasteiger partial charge >= 0.3 is 0 Å². The van der Waals surface area contributed by atoms with E-state index >= 15 is 0 Å². The van der Waals surface area contributed by atoms with Gasteiger partial charge in [0.1, 0.15) is 5.69 Å². The third-order valence-corrected chi connectivity index (χ3v) is 4.33. The molecule has 0 unspecified atom stereocenters. The lowest BCUT2D eigenvalue weighted by molar-refractivity contribution is -0.125. The SMILES string of the molecule is CC(C)CN(C)C(=O)/C=C/c1cn(Cc2ccccc2)nc1-c1cccnc1. The van der Waals surface area contributed by atoms with Crippen LogP contribution in [0.25, 0.3) is 17.3 Å². The first kappa shape index (κ1) is 19.5. The first-order valence-corrected chi connectivity index (χ1v) is 9.48. The van der Waals surface area contributed by atoms with Crippen LogP contribution < -0.4 is 0 Å². The normalized spacial score (nSPS) is 11.3. The van der Waals surface area contributed by atoms with Gasteiger partial charge in [-0.1, -0.05) is 44.2 Å². The van der Waals surface area contributed by atoms with Crippen molar-refractivity contribution in [2.45, 2.75) is 20.4 Å². The zero-order chi connectivity index (χ0) is 19.9. The van der Waals surface area contributed by atoms with Crippen molar-refractivity contribution in [1.82, 2.24) is 19.7 Å². The van der Waals surface area contributed by atoms with Crippen molar-refractivity contribution in [3.05, 3.63) is 78.3 Å². The van der Waals surface area contributed by atoms with Crippen LogP contribution in [0.4, 0.5) is 0 Å². The second-order valence-electron chi connectivity index (χ2n) is 7.30. The largest absolute Gasteiger partial charge is 0.342 e. The van der Waals surface area contributed by atoms with Gasteiger partial charge < -0.3 is 4.90 Å². The van der Waals surface area contributed by atoms with Crippen molar-refractivity contribution in [2.24, 2.45) is 5.92 Å². The molecule has 3 rings (SSSR count). The summed E-state index contributed by atoms with van der Waals surface area (Å²) in [6.07, 6.45) is 8.97. The number of hydrogen-bond donors (Lipinski definition) is 0. The van der Waals surface area contributed by atoms with Crippen molar-refractivity contribution in [2.75, 3.05) is 13.6 Å². The summed E-state index contributed by atoms with van der Waals surface area (Å²) in [5, 5.41) is 4.75. The molecule has 144 valence electrons. The van der Waals surface area contributed by atoms with E-state index in [-0.39, 0.29) is 5.91 Å². The van der Waals surface area contributed by atoms with Crippen LogP contribution >= 0.6 is 0 Å². The highest BCUT2D eigenvalue weighted by atomic mass is 16.2. The van der Waals surface area contributed by atoms with E-state index in [1.165, 1.54) is 5.56 Å². The number of likely N-dealkylation sites (N-methyl/N-ethyl adjacent to an activating group) is 1. The molecule has 0 aliphatic heterocycles. The molecule has 0 saturated heterocycles. The Morgan fingerprint density at radius 3 is 2.64 bits per heavy atom. The smallest absolute Gasteiger partial charge is 0.246 e.